The minimum absolute atomic E-state index is 0.0792. The van der Waals surface area contributed by atoms with Gasteiger partial charge in [-0.15, -0.1) is 0 Å². The predicted molar refractivity (Wildman–Crippen MR) is 134 cm³/mol. The molecule has 0 bridgehead atoms. The molecule has 3 aromatic carbocycles. The van der Waals surface area contributed by atoms with Crippen LogP contribution in [-0.2, 0) is 16.2 Å². The lowest BCUT2D eigenvalue weighted by Crippen LogP contribution is -2.54. The molecular weight excluding hydrogens is 533 g/mol. The third kappa shape index (κ3) is 5.18. The quantitative estimate of drug-likeness (QED) is 0.181. The van der Waals surface area contributed by atoms with E-state index in [-0.39, 0.29) is 39.3 Å². The van der Waals surface area contributed by atoms with Gasteiger partial charge < -0.3 is 4.74 Å². The Hall–Kier alpha value is -3.92. The van der Waals surface area contributed by atoms with Gasteiger partial charge in [0.05, 0.1) is 20.7 Å². The Balaban J connectivity index is 1.63. The zero-order valence-electron chi connectivity index (χ0n) is 18.0. The van der Waals surface area contributed by atoms with Crippen LogP contribution >= 0.6 is 34.8 Å². The summed E-state index contributed by atoms with van der Waals surface area (Å²) in [6, 6.07) is 13.8. The summed E-state index contributed by atoms with van der Waals surface area (Å²) in [5, 5.41) is 13.9. The number of ether oxygens (including phenoxy) is 1. The van der Waals surface area contributed by atoms with Crippen molar-refractivity contribution in [2.75, 3.05) is 4.90 Å². The van der Waals surface area contributed by atoms with Crippen LogP contribution in [0, 0.1) is 10.1 Å². The monoisotopic (exact) mass is 545 g/mol. The van der Waals surface area contributed by atoms with Gasteiger partial charge in [0.15, 0.2) is 5.75 Å². The molecule has 4 rings (SSSR count). The molecule has 0 saturated carbocycles. The molecule has 1 fully saturated rings. The van der Waals surface area contributed by atoms with Crippen LogP contribution in [0.3, 0.4) is 0 Å². The van der Waals surface area contributed by atoms with Crippen molar-refractivity contribution < 1.29 is 24.0 Å². The molecule has 1 aliphatic heterocycles. The maximum atomic E-state index is 13.1. The lowest BCUT2D eigenvalue weighted by molar-refractivity contribution is -0.384. The molecule has 1 saturated heterocycles. The van der Waals surface area contributed by atoms with Crippen LogP contribution in [0.4, 0.5) is 16.2 Å². The van der Waals surface area contributed by atoms with E-state index in [9.17, 15) is 24.5 Å². The van der Waals surface area contributed by atoms with Gasteiger partial charge in [-0.05, 0) is 35.9 Å². The number of carbonyl (C=O) groups excluding carboxylic acids is 3. The molecule has 9 nitrogen and oxygen atoms in total. The second kappa shape index (κ2) is 10.4. The van der Waals surface area contributed by atoms with E-state index in [2.05, 4.69) is 0 Å². The van der Waals surface area contributed by atoms with E-state index < -0.39 is 28.3 Å². The highest BCUT2D eigenvalue weighted by Crippen LogP contribution is 2.36. The molecule has 3 aromatic rings. The van der Waals surface area contributed by atoms with E-state index >= 15 is 0 Å². The molecule has 0 atom stereocenters. The molecule has 0 unspecified atom stereocenters. The predicted octanol–water partition coefficient (Wildman–Crippen LogP) is 5.80. The van der Waals surface area contributed by atoms with Crippen molar-refractivity contribution in [2.45, 2.75) is 6.61 Å². The number of nitrogens with one attached hydrogen (secondary N) is 1. The number of barbiturate groups is 1. The standard InChI is InChI=1S/C24H14Cl3N3O6/c25-18-7-2-1-4-14(18)12-36-21-19(26)9-13(10-20(21)27)8-17-22(31)28-24(33)29(23(17)32)15-5-3-6-16(11-15)30(34)35/h1-11H,12H2,(H,28,31,33)/b17-8+. The molecule has 1 N–H and O–H groups in total. The Morgan fingerprint density at radius 3 is 2.31 bits per heavy atom. The second-order valence-corrected chi connectivity index (χ2v) is 8.65. The molecule has 1 heterocycles. The van der Waals surface area contributed by atoms with E-state index in [0.717, 1.165) is 6.07 Å². The van der Waals surface area contributed by atoms with E-state index in [1.807, 2.05) is 5.32 Å². The first-order chi connectivity index (χ1) is 17.2. The lowest BCUT2D eigenvalue weighted by Gasteiger charge is -2.26. The summed E-state index contributed by atoms with van der Waals surface area (Å²) in [6.07, 6.45) is 1.20. The van der Waals surface area contributed by atoms with Gasteiger partial charge in [-0.1, -0.05) is 59.1 Å². The summed E-state index contributed by atoms with van der Waals surface area (Å²) >= 11 is 18.8. The molecular formula is C24H14Cl3N3O6. The molecule has 12 heteroatoms. The number of nitro benzene ring substituents is 1. The van der Waals surface area contributed by atoms with Crippen LogP contribution in [0.2, 0.25) is 15.1 Å². The van der Waals surface area contributed by atoms with Crippen molar-refractivity contribution in [3.63, 3.8) is 0 Å². The minimum atomic E-state index is -1.04. The zero-order valence-corrected chi connectivity index (χ0v) is 20.3. The Morgan fingerprint density at radius 2 is 1.64 bits per heavy atom. The Morgan fingerprint density at radius 1 is 0.944 bits per heavy atom. The van der Waals surface area contributed by atoms with E-state index in [1.165, 1.54) is 36.4 Å². The number of benzene rings is 3. The number of rotatable bonds is 6. The molecule has 0 radical (unpaired) electrons. The van der Waals surface area contributed by atoms with Crippen molar-refractivity contribution in [3.05, 3.63) is 103 Å². The number of urea groups is 1. The topological polar surface area (TPSA) is 119 Å². The number of nitro groups is 1. The fourth-order valence-electron chi connectivity index (χ4n) is 3.37. The number of carbonyl (C=O) groups is 3. The van der Waals surface area contributed by atoms with Crippen LogP contribution in [0.25, 0.3) is 6.08 Å². The third-order valence-electron chi connectivity index (χ3n) is 5.06. The molecule has 4 amide bonds. The van der Waals surface area contributed by atoms with Gasteiger partial charge in [0, 0.05) is 22.7 Å². The number of nitrogens with zero attached hydrogens (tertiary/aromatic N) is 2. The Bertz CT molecular complexity index is 1430. The first-order valence-corrected chi connectivity index (χ1v) is 11.3. The summed E-state index contributed by atoms with van der Waals surface area (Å²) in [5.74, 6) is -1.75. The van der Waals surface area contributed by atoms with Crippen LogP contribution < -0.4 is 15.0 Å². The maximum absolute atomic E-state index is 13.1. The van der Waals surface area contributed by atoms with Gasteiger partial charge in [0.1, 0.15) is 12.2 Å². The third-order valence-corrected chi connectivity index (χ3v) is 5.99. The second-order valence-electron chi connectivity index (χ2n) is 7.43. The summed E-state index contributed by atoms with van der Waals surface area (Å²) < 4.78 is 5.72. The first-order valence-electron chi connectivity index (χ1n) is 10.2. The summed E-state index contributed by atoms with van der Waals surface area (Å²) in [6.45, 7) is 0.0979. The molecule has 1 aliphatic rings. The van der Waals surface area contributed by atoms with Gasteiger partial charge in [0.2, 0.25) is 0 Å². The Kier molecular flexibility index (Phi) is 7.25. The zero-order chi connectivity index (χ0) is 26.0. The van der Waals surface area contributed by atoms with Gasteiger partial charge in [-0.2, -0.15) is 0 Å². The smallest absolute Gasteiger partial charge is 0.335 e. The highest BCUT2D eigenvalue weighted by atomic mass is 35.5. The van der Waals surface area contributed by atoms with E-state index in [1.54, 1.807) is 24.3 Å². The molecule has 182 valence electrons. The number of amides is 4. The number of halogens is 3. The van der Waals surface area contributed by atoms with Crippen LogP contribution in [0.5, 0.6) is 5.75 Å². The van der Waals surface area contributed by atoms with Crippen LogP contribution in [0.1, 0.15) is 11.1 Å². The van der Waals surface area contributed by atoms with E-state index in [4.69, 9.17) is 39.5 Å². The van der Waals surface area contributed by atoms with Gasteiger partial charge >= 0.3 is 6.03 Å². The number of non-ortho nitro benzene ring substituents is 1. The fourth-order valence-corrected chi connectivity index (χ4v) is 4.17. The highest BCUT2D eigenvalue weighted by Gasteiger charge is 2.37. The van der Waals surface area contributed by atoms with Crippen molar-refractivity contribution in [1.29, 1.82) is 0 Å². The lowest BCUT2D eigenvalue weighted by atomic mass is 10.1. The molecule has 0 aromatic heterocycles. The van der Waals surface area contributed by atoms with Crippen molar-refractivity contribution in [1.82, 2.24) is 5.32 Å². The van der Waals surface area contributed by atoms with Gasteiger partial charge in [-0.3, -0.25) is 25.0 Å². The first kappa shape index (κ1) is 25.2. The van der Waals surface area contributed by atoms with Crippen molar-refractivity contribution in [2.24, 2.45) is 0 Å². The number of anilines is 1. The summed E-state index contributed by atoms with van der Waals surface area (Å²) in [5.41, 5.74) is 0.179. The van der Waals surface area contributed by atoms with Crippen molar-refractivity contribution in [3.8, 4) is 5.75 Å². The van der Waals surface area contributed by atoms with E-state index in [0.29, 0.717) is 15.5 Å². The average Bonchev–Trinajstić information content (AvgIpc) is 2.82. The summed E-state index contributed by atoms with van der Waals surface area (Å²) in [4.78, 5) is 48.9. The number of hydrogen-bond donors (Lipinski definition) is 1. The Labute approximate surface area is 219 Å². The van der Waals surface area contributed by atoms with Gasteiger partial charge in [0.25, 0.3) is 17.5 Å². The summed E-state index contributed by atoms with van der Waals surface area (Å²) in [7, 11) is 0. The highest BCUT2D eigenvalue weighted by molar-refractivity contribution is 6.40. The number of hydrogen-bond acceptors (Lipinski definition) is 6. The molecule has 0 aliphatic carbocycles. The maximum Gasteiger partial charge on any atom is 0.335 e. The fraction of sp³-hybridized carbons (Fsp3) is 0.0417. The van der Waals surface area contributed by atoms with Crippen molar-refractivity contribution >= 4 is 70.1 Å². The largest absolute Gasteiger partial charge is 0.486 e. The SMILES string of the molecule is O=C1NC(=O)N(c2cccc([N+](=O)[O-])c2)C(=O)/C1=C/c1cc(Cl)c(OCc2ccccc2Cl)c(Cl)c1. The molecule has 0 spiro atoms. The number of imide groups is 2. The van der Waals surface area contributed by atoms with Gasteiger partial charge in [-0.25, -0.2) is 9.69 Å². The average molecular weight is 547 g/mol. The normalized spacial score (nSPS) is 14.7. The van der Waals surface area contributed by atoms with Crippen LogP contribution in [0.15, 0.2) is 66.2 Å². The molecule has 36 heavy (non-hydrogen) atoms. The minimum Gasteiger partial charge on any atom is -0.486 e. The van der Waals surface area contributed by atoms with Crippen LogP contribution in [-0.4, -0.2) is 22.8 Å².